The van der Waals surface area contributed by atoms with Crippen molar-refractivity contribution in [1.29, 1.82) is 0 Å². The van der Waals surface area contributed by atoms with Crippen LogP contribution in [-0.2, 0) is 5.41 Å². The molecule has 4 rings (SSSR count). The molecule has 0 fully saturated rings. The highest BCUT2D eigenvalue weighted by Crippen LogP contribution is 2.29. The maximum atomic E-state index is 9.42. The Kier molecular flexibility index (Phi) is 6.36. The van der Waals surface area contributed by atoms with Crippen LogP contribution in [0.15, 0.2) is 77.2 Å². The molecule has 4 aromatic rings. The van der Waals surface area contributed by atoms with Gasteiger partial charge in [0.2, 0.25) is 11.8 Å². The zero-order valence-electron chi connectivity index (χ0n) is 18.2. The zero-order chi connectivity index (χ0) is 21.7. The molecule has 1 heterocycles. The van der Waals surface area contributed by atoms with Crippen LogP contribution in [0.25, 0.3) is 34.0 Å². The van der Waals surface area contributed by atoms with Crippen molar-refractivity contribution in [3.8, 4) is 39.8 Å². The van der Waals surface area contributed by atoms with Gasteiger partial charge in [-0.2, -0.15) is 0 Å². The number of hydrogen-bond donors (Lipinski definition) is 1. The van der Waals surface area contributed by atoms with Gasteiger partial charge < -0.3 is 9.52 Å². The first-order valence-corrected chi connectivity index (χ1v) is 10.2. The molecule has 3 aromatic carbocycles. The number of aromatic hydroxyl groups is 1. The highest BCUT2D eigenvalue weighted by molar-refractivity contribution is 5.68. The van der Waals surface area contributed by atoms with E-state index in [1.165, 1.54) is 5.56 Å². The van der Waals surface area contributed by atoms with Crippen molar-refractivity contribution < 1.29 is 9.52 Å². The van der Waals surface area contributed by atoms with Crippen LogP contribution >= 0.6 is 0 Å². The minimum atomic E-state index is 0.109. The summed E-state index contributed by atoms with van der Waals surface area (Å²) in [5, 5.41) is 17.8. The number of nitrogens with zero attached hydrogens (tertiary/aromatic N) is 2. The highest BCUT2D eigenvalue weighted by atomic mass is 16.4. The van der Waals surface area contributed by atoms with E-state index in [9.17, 15) is 5.11 Å². The molecule has 30 heavy (non-hydrogen) atoms. The Morgan fingerprint density at radius 2 is 0.967 bits per heavy atom. The molecule has 4 nitrogen and oxygen atoms in total. The van der Waals surface area contributed by atoms with Crippen molar-refractivity contribution in [2.24, 2.45) is 0 Å². The SMILES string of the molecule is CC.CC(C)(C)c1ccc(-c2nnc(-c3ccc(-c4ccc(O)cc4)cc3)o2)cc1. The normalized spacial score (nSPS) is 11.0. The fraction of sp³-hybridized carbons (Fsp3) is 0.231. The van der Waals surface area contributed by atoms with Crippen molar-refractivity contribution in [3.63, 3.8) is 0 Å². The molecule has 0 atom stereocenters. The minimum Gasteiger partial charge on any atom is -0.508 e. The van der Waals surface area contributed by atoms with Gasteiger partial charge in [0.05, 0.1) is 0 Å². The van der Waals surface area contributed by atoms with Crippen LogP contribution in [0, 0.1) is 0 Å². The fourth-order valence-corrected chi connectivity index (χ4v) is 3.03. The van der Waals surface area contributed by atoms with Gasteiger partial charge in [-0.1, -0.05) is 71.0 Å². The third-order valence-corrected chi connectivity index (χ3v) is 4.76. The van der Waals surface area contributed by atoms with Crippen LogP contribution in [0.3, 0.4) is 0 Å². The summed E-state index contributed by atoms with van der Waals surface area (Å²) in [7, 11) is 0. The van der Waals surface area contributed by atoms with E-state index in [0.29, 0.717) is 11.8 Å². The summed E-state index contributed by atoms with van der Waals surface area (Å²) in [6.45, 7) is 10.6. The molecule has 4 heteroatoms. The Labute approximate surface area is 178 Å². The van der Waals surface area contributed by atoms with E-state index >= 15 is 0 Å². The average Bonchev–Trinajstić information content (AvgIpc) is 3.26. The molecule has 1 N–H and O–H groups in total. The second-order valence-corrected chi connectivity index (χ2v) is 7.86. The van der Waals surface area contributed by atoms with E-state index in [-0.39, 0.29) is 11.2 Å². The molecule has 0 aliphatic carbocycles. The number of phenolic OH excluding ortho intramolecular Hbond substituents is 1. The molecule has 1 aromatic heterocycles. The second kappa shape index (κ2) is 8.95. The van der Waals surface area contributed by atoms with Gasteiger partial charge in [0.15, 0.2) is 0 Å². The molecule has 154 valence electrons. The number of hydrogen-bond acceptors (Lipinski definition) is 4. The minimum absolute atomic E-state index is 0.109. The molecule has 0 spiro atoms. The van der Waals surface area contributed by atoms with Gasteiger partial charge in [-0.05, 0) is 58.5 Å². The maximum Gasteiger partial charge on any atom is 0.248 e. The lowest BCUT2D eigenvalue weighted by atomic mass is 9.87. The van der Waals surface area contributed by atoms with E-state index in [2.05, 4.69) is 43.1 Å². The van der Waals surface area contributed by atoms with Crippen LogP contribution < -0.4 is 0 Å². The van der Waals surface area contributed by atoms with Gasteiger partial charge in [0.25, 0.3) is 0 Å². The van der Waals surface area contributed by atoms with Crippen LogP contribution in [0.5, 0.6) is 5.75 Å². The summed E-state index contributed by atoms with van der Waals surface area (Å²) in [6.07, 6.45) is 0. The van der Waals surface area contributed by atoms with Gasteiger partial charge in [-0.25, -0.2) is 0 Å². The fourth-order valence-electron chi connectivity index (χ4n) is 3.03. The van der Waals surface area contributed by atoms with Crippen LogP contribution in [0.4, 0.5) is 0 Å². The van der Waals surface area contributed by atoms with E-state index < -0.39 is 0 Å². The third-order valence-electron chi connectivity index (χ3n) is 4.76. The molecule has 0 bridgehead atoms. The Morgan fingerprint density at radius 1 is 0.600 bits per heavy atom. The lowest BCUT2D eigenvalue weighted by Gasteiger charge is -2.18. The molecule has 0 saturated carbocycles. The zero-order valence-corrected chi connectivity index (χ0v) is 18.2. The topological polar surface area (TPSA) is 59.2 Å². The Hall–Kier alpha value is -3.40. The first kappa shape index (κ1) is 21.3. The summed E-state index contributed by atoms with van der Waals surface area (Å²) >= 11 is 0. The lowest BCUT2D eigenvalue weighted by molar-refractivity contribution is 0.475. The summed E-state index contributed by atoms with van der Waals surface area (Å²) in [5.74, 6) is 1.26. The summed E-state index contributed by atoms with van der Waals surface area (Å²) in [5.41, 5.74) is 5.24. The first-order valence-electron chi connectivity index (χ1n) is 10.2. The number of rotatable bonds is 3. The number of benzene rings is 3. The summed E-state index contributed by atoms with van der Waals surface area (Å²) in [4.78, 5) is 0. The number of phenols is 1. The molecule has 0 amide bonds. The smallest absolute Gasteiger partial charge is 0.248 e. The van der Waals surface area contributed by atoms with Crippen molar-refractivity contribution in [2.45, 2.75) is 40.0 Å². The van der Waals surface area contributed by atoms with E-state index in [4.69, 9.17) is 4.42 Å². The average molecular weight is 401 g/mol. The molecular formula is C26H28N2O2. The van der Waals surface area contributed by atoms with E-state index in [1.54, 1.807) is 12.1 Å². The second-order valence-electron chi connectivity index (χ2n) is 7.86. The van der Waals surface area contributed by atoms with E-state index in [0.717, 1.165) is 22.3 Å². The highest BCUT2D eigenvalue weighted by Gasteiger charge is 2.15. The lowest BCUT2D eigenvalue weighted by Crippen LogP contribution is -2.10. The van der Waals surface area contributed by atoms with Crippen LogP contribution in [0.2, 0.25) is 0 Å². The predicted molar refractivity (Wildman–Crippen MR) is 122 cm³/mol. The van der Waals surface area contributed by atoms with Crippen molar-refractivity contribution >= 4 is 0 Å². The van der Waals surface area contributed by atoms with E-state index in [1.807, 2.05) is 62.4 Å². The standard InChI is InChI=1S/C24H22N2O2.C2H6/c1-24(2,3)20-12-8-19(9-13-20)23-26-25-22(28-23)18-6-4-16(5-7-18)17-10-14-21(27)15-11-17;1-2/h4-15,27H,1-3H3;1-2H3. The summed E-state index contributed by atoms with van der Waals surface area (Å²) < 4.78 is 5.89. The molecule has 0 aliphatic heterocycles. The molecular weight excluding hydrogens is 372 g/mol. The monoisotopic (exact) mass is 400 g/mol. The first-order chi connectivity index (χ1) is 14.4. The van der Waals surface area contributed by atoms with Gasteiger partial charge in [-0.3, -0.25) is 0 Å². The van der Waals surface area contributed by atoms with Gasteiger partial charge in [-0.15, -0.1) is 10.2 Å². The van der Waals surface area contributed by atoms with Crippen LogP contribution in [0.1, 0.15) is 40.2 Å². The molecule has 0 aliphatic rings. The maximum absolute atomic E-state index is 9.42. The summed E-state index contributed by atoms with van der Waals surface area (Å²) in [6, 6.07) is 23.3. The quantitative estimate of drug-likeness (QED) is 0.398. The third kappa shape index (κ3) is 4.77. The Balaban J connectivity index is 0.00000124. The molecule has 0 unspecified atom stereocenters. The van der Waals surface area contributed by atoms with Gasteiger partial charge in [0.1, 0.15) is 5.75 Å². The van der Waals surface area contributed by atoms with Crippen molar-refractivity contribution in [3.05, 3.63) is 78.4 Å². The number of aromatic nitrogens is 2. The van der Waals surface area contributed by atoms with Crippen LogP contribution in [-0.4, -0.2) is 15.3 Å². The molecule has 0 saturated heterocycles. The molecule has 0 radical (unpaired) electrons. The van der Waals surface area contributed by atoms with Gasteiger partial charge >= 0.3 is 0 Å². The van der Waals surface area contributed by atoms with Crippen molar-refractivity contribution in [1.82, 2.24) is 10.2 Å². The predicted octanol–water partition coefficient (Wildman–Crippen LogP) is 7.10. The van der Waals surface area contributed by atoms with Gasteiger partial charge in [0, 0.05) is 11.1 Å². The largest absolute Gasteiger partial charge is 0.508 e. The Morgan fingerprint density at radius 3 is 1.40 bits per heavy atom. The van der Waals surface area contributed by atoms with Crippen molar-refractivity contribution in [2.75, 3.05) is 0 Å². The Bertz CT molecular complexity index is 1070.